The highest BCUT2D eigenvalue weighted by atomic mass is 79.9. The van der Waals surface area contributed by atoms with Gasteiger partial charge in [0.15, 0.2) is 5.13 Å². The van der Waals surface area contributed by atoms with Crippen molar-refractivity contribution in [3.8, 4) is 5.75 Å². The molecule has 0 amide bonds. The highest BCUT2D eigenvalue weighted by Gasteiger charge is 2.03. The number of phenols is 1. The Kier molecular flexibility index (Phi) is 4.83. The third-order valence-electron chi connectivity index (χ3n) is 2.68. The number of alkyl halides is 1. The van der Waals surface area contributed by atoms with Crippen molar-refractivity contribution in [2.75, 3.05) is 11.9 Å². The van der Waals surface area contributed by atoms with Gasteiger partial charge in [-0.25, -0.2) is 4.98 Å². The number of unbranched alkanes of at least 4 members (excludes halogenated alkanes) is 1. The van der Waals surface area contributed by atoms with Crippen molar-refractivity contribution in [2.24, 2.45) is 0 Å². The van der Waals surface area contributed by atoms with E-state index in [9.17, 15) is 5.11 Å². The van der Waals surface area contributed by atoms with Gasteiger partial charge in [-0.05, 0) is 31.0 Å². The summed E-state index contributed by atoms with van der Waals surface area (Å²) in [6.07, 6.45) is 3.57. The Morgan fingerprint density at radius 1 is 1.44 bits per heavy atom. The van der Waals surface area contributed by atoms with Crippen LogP contribution >= 0.6 is 27.3 Å². The molecule has 1 unspecified atom stereocenters. The fraction of sp³-hybridized carbons (Fsp3) is 0.462. The van der Waals surface area contributed by atoms with Gasteiger partial charge in [0.1, 0.15) is 5.75 Å². The molecule has 0 spiro atoms. The van der Waals surface area contributed by atoms with E-state index in [4.69, 9.17) is 0 Å². The number of thiazole rings is 1. The van der Waals surface area contributed by atoms with Crippen LogP contribution in [0.1, 0.15) is 26.2 Å². The Hall–Kier alpha value is -0.810. The molecule has 98 valence electrons. The van der Waals surface area contributed by atoms with Gasteiger partial charge in [0, 0.05) is 11.4 Å². The van der Waals surface area contributed by atoms with Crippen molar-refractivity contribution in [3.63, 3.8) is 0 Å². The largest absolute Gasteiger partial charge is 0.508 e. The zero-order valence-electron chi connectivity index (χ0n) is 10.3. The van der Waals surface area contributed by atoms with Gasteiger partial charge in [0.05, 0.1) is 10.2 Å². The van der Waals surface area contributed by atoms with Gasteiger partial charge in [-0.1, -0.05) is 40.6 Å². The molecule has 0 aliphatic heterocycles. The molecule has 0 aliphatic rings. The normalized spacial score (nSPS) is 12.8. The van der Waals surface area contributed by atoms with Crippen molar-refractivity contribution in [2.45, 2.75) is 31.0 Å². The molecule has 1 aromatic heterocycles. The lowest BCUT2D eigenvalue weighted by Gasteiger charge is -2.03. The van der Waals surface area contributed by atoms with Crippen molar-refractivity contribution < 1.29 is 5.11 Å². The number of aromatic hydroxyl groups is 1. The lowest BCUT2D eigenvalue weighted by molar-refractivity contribution is 0.476. The first-order chi connectivity index (χ1) is 8.65. The second-order valence-corrected chi connectivity index (χ2v) is 6.97. The lowest BCUT2D eigenvalue weighted by Crippen LogP contribution is -2.01. The maximum atomic E-state index is 9.39. The first-order valence-corrected chi connectivity index (χ1v) is 7.86. The van der Waals surface area contributed by atoms with E-state index in [-0.39, 0.29) is 0 Å². The van der Waals surface area contributed by atoms with Crippen LogP contribution in [0.4, 0.5) is 5.13 Å². The molecule has 3 nitrogen and oxygen atoms in total. The van der Waals surface area contributed by atoms with Crippen molar-refractivity contribution in [1.29, 1.82) is 0 Å². The monoisotopic (exact) mass is 328 g/mol. The van der Waals surface area contributed by atoms with Gasteiger partial charge >= 0.3 is 0 Å². The molecule has 1 heterocycles. The Bertz CT molecular complexity index is 513. The van der Waals surface area contributed by atoms with E-state index in [0.29, 0.717) is 10.6 Å². The van der Waals surface area contributed by atoms with E-state index in [2.05, 4.69) is 33.2 Å². The van der Waals surface area contributed by atoms with E-state index >= 15 is 0 Å². The molecule has 2 aromatic rings. The minimum atomic E-state index is 0.295. The third kappa shape index (κ3) is 3.85. The average molecular weight is 329 g/mol. The van der Waals surface area contributed by atoms with Gasteiger partial charge in [0.2, 0.25) is 0 Å². The Labute approximate surface area is 119 Å². The van der Waals surface area contributed by atoms with E-state index in [1.165, 1.54) is 12.8 Å². The second-order valence-electron chi connectivity index (χ2n) is 4.37. The number of rotatable bonds is 6. The number of phenolic OH excluding ortho intramolecular Hbond substituents is 1. The smallest absolute Gasteiger partial charge is 0.183 e. The standard InChI is InChI=1S/C13H17BrN2OS/c1-9(14)4-2-3-7-15-13-16-11-6-5-10(17)8-12(11)18-13/h5-6,8-9,17H,2-4,7H2,1H3,(H,15,16). The van der Waals surface area contributed by atoms with Gasteiger partial charge < -0.3 is 10.4 Å². The number of halogens is 1. The lowest BCUT2D eigenvalue weighted by atomic mass is 10.2. The summed E-state index contributed by atoms with van der Waals surface area (Å²) in [5.41, 5.74) is 0.939. The highest BCUT2D eigenvalue weighted by molar-refractivity contribution is 9.09. The SMILES string of the molecule is CC(Br)CCCCNc1nc2ccc(O)cc2s1. The van der Waals surface area contributed by atoms with E-state index in [1.54, 1.807) is 23.5 Å². The highest BCUT2D eigenvalue weighted by Crippen LogP contribution is 2.28. The molecule has 1 atom stereocenters. The molecule has 0 radical (unpaired) electrons. The number of hydrogen-bond acceptors (Lipinski definition) is 4. The number of nitrogens with one attached hydrogen (secondary N) is 1. The maximum absolute atomic E-state index is 9.39. The van der Waals surface area contributed by atoms with Crippen LogP contribution in [0.3, 0.4) is 0 Å². The molecule has 0 saturated heterocycles. The first-order valence-electron chi connectivity index (χ1n) is 6.12. The number of fused-ring (bicyclic) bond motifs is 1. The molecule has 5 heteroatoms. The maximum Gasteiger partial charge on any atom is 0.183 e. The second kappa shape index (κ2) is 6.38. The average Bonchev–Trinajstić information content (AvgIpc) is 2.70. The molecule has 0 bridgehead atoms. The number of anilines is 1. The van der Waals surface area contributed by atoms with Gasteiger partial charge in [-0.2, -0.15) is 0 Å². The van der Waals surface area contributed by atoms with Crippen LogP contribution in [-0.2, 0) is 0 Å². The zero-order valence-corrected chi connectivity index (χ0v) is 12.7. The molecule has 2 N–H and O–H groups in total. The minimum Gasteiger partial charge on any atom is -0.508 e. The van der Waals surface area contributed by atoms with Crippen LogP contribution in [0, 0.1) is 0 Å². The quantitative estimate of drug-likeness (QED) is 0.611. The zero-order chi connectivity index (χ0) is 13.0. The third-order valence-corrected chi connectivity index (χ3v) is 4.11. The molecule has 0 saturated carbocycles. The van der Waals surface area contributed by atoms with Crippen LogP contribution in [0.25, 0.3) is 10.2 Å². The summed E-state index contributed by atoms with van der Waals surface area (Å²) in [6, 6.07) is 5.27. The van der Waals surface area contributed by atoms with Crippen molar-refractivity contribution in [1.82, 2.24) is 4.98 Å². The molecular formula is C13H17BrN2OS. The predicted molar refractivity (Wildman–Crippen MR) is 82.0 cm³/mol. The van der Waals surface area contributed by atoms with E-state index in [1.807, 2.05) is 6.07 Å². The summed E-state index contributed by atoms with van der Waals surface area (Å²) in [4.78, 5) is 5.07. The van der Waals surface area contributed by atoms with Gasteiger partial charge in [-0.3, -0.25) is 0 Å². The van der Waals surface area contributed by atoms with Crippen LogP contribution in [-0.4, -0.2) is 21.5 Å². The number of aromatic nitrogens is 1. The van der Waals surface area contributed by atoms with Crippen LogP contribution in [0.5, 0.6) is 5.75 Å². The molecule has 2 rings (SSSR count). The van der Waals surface area contributed by atoms with Gasteiger partial charge in [0.25, 0.3) is 0 Å². The summed E-state index contributed by atoms with van der Waals surface area (Å²) in [7, 11) is 0. The van der Waals surface area contributed by atoms with Gasteiger partial charge in [-0.15, -0.1) is 0 Å². The topological polar surface area (TPSA) is 45.2 Å². The van der Waals surface area contributed by atoms with Crippen molar-refractivity contribution >= 4 is 42.6 Å². The Balaban J connectivity index is 1.84. The molecule has 18 heavy (non-hydrogen) atoms. The van der Waals surface area contributed by atoms with Crippen LogP contribution < -0.4 is 5.32 Å². The number of benzene rings is 1. The number of nitrogens with zero attached hydrogens (tertiary/aromatic N) is 1. The Morgan fingerprint density at radius 3 is 3.06 bits per heavy atom. The van der Waals surface area contributed by atoms with E-state index < -0.39 is 0 Å². The summed E-state index contributed by atoms with van der Waals surface area (Å²) in [5.74, 6) is 0.295. The Morgan fingerprint density at radius 2 is 2.28 bits per heavy atom. The summed E-state index contributed by atoms with van der Waals surface area (Å²) in [5, 5.41) is 13.7. The molecule has 0 fully saturated rings. The fourth-order valence-corrected chi connectivity index (χ4v) is 2.98. The van der Waals surface area contributed by atoms with Crippen molar-refractivity contribution in [3.05, 3.63) is 18.2 Å². The predicted octanol–water partition coefficient (Wildman–Crippen LogP) is 4.37. The minimum absolute atomic E-state index is 0.295. The first kappa shape index (κ1) is 13.6. The number of hydrogen-bond donors (Lipinski definition) is 2. The van der Waals surface area contributed by atoms with Crippen LogP contribution in [0.15, 0.2) is 18.2 Å². The molecule has 1 aromatic carbocycles. The molecule has 0 aliphatic carbocycles. The summed E-state index contributed by atoms with van der Waals surface area (Å²) in [6.45, 7) is 3.12. The summed E-state index contributed by atoms with van der Waals surface area (Å²) < 4.78 is 1.02. The fourth-order valence-electron chi connectivity index (χ4n) is 1.73. The summed E-state index contributed by atoms with van der Waals surface area (Å²) >= 11 is 5.13. The van der Waals surface area contributed by atoms with E-state index in [0.717, 1.165) is 28.3 Å². The van der Waals surface area contributed by atoms with Crippen LogP contribution in [0.2, 0.25) is 0 Å². The molecular weight excluding hydrogens is 312 g/mol.